The highest BCUT2D eigenvalue weighted by molar-refractivity contribution is 6.74. The number of aromatic nitrogens is 4. The molecule has 1 N–H and O–H groups in total. The van der Waals surface area contributed by atoms with E-state index in [1.54, 1.807) is 0 Å². The third-order valence-corrected chi connectivity index (χ3v) is 15.0. The lowest BCUT2D eigenvalue weighted by Crippen LogP contribution is -2.37. The second kappa shape index (κ2) is 13.6. The van der Waals surface area contributed by atoms with Gasteiger partial charge in [0.2, 0.25) is 0 Å². The van der Waals surface area contributed by atoms with Gasteiger partial charge in [0.05, 0.1) is 38.8 Å². The number of imidazole rings is 1. The molecule has 0 amide bonds. The fourth-order valence-corrected chi connectivity index (χ4v) is 11.4. The lowest BCUT2D eigenvalue weighted by molar-refractivity contribution is 0.332. The molecular formula is C59H49BN5. The van der Waals surface area contributed by atoms with E-state index in [4.69, 9.17) is 4.98 Å². The molecular weight excluding hydrogens is 789 g/mol. The predicted molar refractivity (Wildman–Crippen MR) is 275 cm³/mol. The lowest BCUT2D eigenvalue weighted by atomic mass is 9.59. The van der Waals surface area contributed by atoms with Gasteiger partial charge in [0.1, 0.15) is 5.82 Å². The highest BCUT2D eigenvalue weighted by Crippen LogP contribution is 2.50. The van der Waals surface area contributed by atoms with Crippen LogP contribution in [0, 0.1) is 6.92 Å². The van der Waals surface area contributed by atoms with Crippen molar-refractivity contribution in [2.75, 3.05) is 5.32 Å². The van der Waals surface area contributed by atoms with E-state index >= 15 is 0 Å². The quantitative estimate of drug-likeness (QED) is 0.175. The molecule has 1 aliphatic heterocycles. The smallest absolute Gasteiger partial charge is 0.198 e. The molecule has 6 heteroatoms. The first-order chi connectivity index (χ1) is 31.5. The fourth-order valence-electron chi connectivity index (χ4n) is 11.4. The number of aryl methyl sites for hydroxylation is 2. The maximum atomic E-state index is 5.31. The van der Waals surface area contributed by atoms with Crippen molar-refractivity contribution in [3.05, 3.63) is 174 Å². The van der Waals surface area contributed by atoms with Gasteiger partial charge in [-0.3, -0.25) is 0 Å². The van der Waals surface area contributed by atoms with Gasteiger partial charge in [0.25, 0.3) is 0 Å². The Kier molecular flexibility index (Phi) is 7.99. The van der Waals surface area contributed by atoms with Crippen molar-refractivity contribution in [2.45, 2.75) is 58.3 Å². The summed E-state index contributed by atoms with van der Waals surface area (Å²) in [4.78, 5) is 5.31. The number of para-hydroxylation sites is 3. The molecule has 0 atom stereocenters. The van der Waals surface area contributed by atoms with Crippen LogP contribution in [0.5, 0.6) is 0 Å². The van der Waals surface area contributed by atoms with E-state index in [-0.39, 0.29) is 10.8 Å². The standard InChI is InChI=1S/C59H49BN5/c1-35-24-26-37(27-25-35)61-46-21-13-10-18-38(46)41-31-53(64-48-22-14-11-19-39(48)40-20-12-15-23-49(40)64)54-42-30-43-44(59(4,5)29-28-58(43,2)3)32-50(42)65-51-34-52-47(33-45(51)60-55(41)56(54)65)62-57(63(52)6)36-16-8-7-9-17-36/h7-27,30-34,61H,28-29H2,1-6H3. The zero-order valence-electron chi connectivity index (χ0n) is 37.8. The number of hydrogen-bond donors (Lipinski definition) is 1. The summed E-state index contributed by atoms with van der Waals surface area (Å²) in [5, 5.41) is 8.92. The van der Waals surface area contributed by atoms with Crippen LogP contribution in [-0.4, -0.2) is 26.0 Å². The van der Waals surface area contributed by atoms with Crippen molar-refractivity contribution in [1.82, 2.24) is 18.7 Å². The topological polar surface area (TPSA) is 39.7 Å². The Balaban J connectivity index is 1.21. The zero-order chi connectivity index (χ0) is 43.9. The van der Waals surface area contributed by atoms with Crippen molar-refractivity contribution >= 4 is 84.2 Å². The average Bonchev–Trinajstić information content (AvgIpc) is 3.96. The molecule has 5 nitrogen and oxygen atoms in total. The molecule has 0 fully saturated rings. The van der Waals surface area contributed by atoms with Crippen LogP contribution in [0.3, 0.4) is 0 Å². The number of nitrogens with zero attached hydrogens (tertiary/aromatic N) is 4. The van der Waals surface area contributed by atoms with E-state index in [1.165, 1.54) is 82.7 Å². The molecule has 0 spiro atoms. The number of anilines is 2. The van der Waals surface area contributed by atoms with Crippen molar-refractivity contribution in [3.63, 3.8) is 0 Å². The molecule has 1 aliphatic carbocycles. The highest BCUT2D eigenvalue weighted by Gasteiger charge is 2.39. The largest absolute Gasteiger partial charge is 0.355 e. The molecule has 4 heterocycles. The Bertz CT molecular complexity index is 3730. The molecule has 13 rings (SSSR count). The summed E-state index contributed by atoms with van der Waals surface area (Å²) in [6, 6.07) is 58.4. The molecule has 0 saturated carbocycles. The molecule has 2 aliphatic rings. The van der Waals surface area contributed by atoms with Gasteiger partial charge in [-0.25, -0.2) is 4.98 Å². The molecule has 313 valence electrons. The van der Waals surface area contributed by atoms with Crippen LogP contribution < -0.4 is 16.2 Å². The SMILES string of the molecule is Cc1ccc(Nc2ccccc2-c2cc(-n3c4ccccc4c4ccccc43)c3c4cc5c(cc4n4c3c2[B]c2cc3nc(-c6ccccc6)n(C)c3cc2-4)C(C)(C)CCC5(C)C)cc1. The van der Waals surface area contributed by atoms with Crippen molar-refractivity contribution in [2.24, 2.45) is 7.05 Å². The van der Waals surface area contributed by atoms with Crippen LogP contribution in [0.15, 0.2) is 158 Å². The van der Waals surface area contributed by atoms with Crippen LogP contribution in [0.2, 0.25) is 0 Å². The Hall–Kier alpha value is -7.31. The summed E-state index contributed by atoms with van der Waals surface area (Å²) >= 11 is 0. The third-order valence-electron chi connectivity index (χ3n) is 15.0. The molecule has 0 bridgehead atoms. The monoisotopic (exact) mass is 838 g/mol. The maximum Gasteiger partial charge on any atom is 0.198 e. The van der Waals surface area contributed by atoms with E-state index in [0.29, 0.717) is 0 Å². The first kappa shape index (κ1) is 38.2. The number of fused-ring (bicyclic) bond motifs is 10. The summed E-state index contributed by atoms with van der Waals surface area (Å²) in [7, 11) is 4.61. The fraction of sp³-hybridized carbons (Fsp3) is 0.169. The first-order valence-electron chi connectivity index (χ1n) is 23.1. The molecule has 1 radical (unpaired) electrons. The average molecular weight is 839 g/mol. The van der Waals surface area contributed by atoms with Gasteiger partial charge in [0, 0.05) is 56.8 Å². The van der Waals surface area contributed by atoms with Crippen LogP contribution >= 0.6 is 0 Å². The van der Waals surface area contributed by atoms with E-state index < -0.39 is 0 Å². The second-order valence-electron chi connectivity index (χ2n) is 19.9. The molecule has 0 saturated heterocycles. The minimum Gasteiger partial charge on any atom is -0.355 e. The zero-order valence-corrected chi connectivity index (χ0v) is 37.8. The van der Waals surface area contributed by atoms with Gasteiger partial charge in [-0.2, -0.15) is 0 Å². The van der Waals surface area contributed by atoms with Gasteiger partial charge < -0.3 is 19.0 Å². The number of rotatable bonds is 5. The molecule has 3 aromatic heterocycles. The van der Waals surface area contributed by atoms with Crippen molar-refractivity contribution < 1.29 is 0 Å². The minimum atomic E-state index is 0.0280. The van der Waals surface area contributed by atoms with E-state index in [9.17, 15) is 0 Å². The van der Waals surface area contributed by atoms with Gasteiger partial charge in [-0.1, -0.05) is 136 Å². The second-order valence-corrected chi connectivity index (χ2v) is 19.9. The number of nitrogens with one attached hydrogen (secondary N) is 1. The lowest BCUT2D eigenvalue weighted by Gasteiger charge is -2.42. The Labute approximate surface area is 380 Å². The summed E-state index contributed by atoms with van der Waals surface area (Å²) < 4.78 is 7.44. The summed E-state index contributed by atoms with van der Waals surface area (Å²) in [5.74, 6) is 0.964. The summed E-state index contributed by atoms with van der Waals surface area (Å²) in [6.45, 7) is 11.9. The van der Waals surface area contributed by atoms with Gasteiger partial charge >= 0.3 is 0 Å². The predicted octanol–water partition coefficient (Wildman–Crippen LogP) is 13.5. The van der Waals surface area contributed by atoms with Gasteiger partial charge in [-0.15, -0.1) is 0 Å². The van der Waals surface area contributed by atoms with E-state index in [2.05, 4.69) is 226 Å². The summed E-state index contributed by atoms with van der Waals surface area (Å²) in [6.07, 6.45) is 2.30. The number of hydrogen-bond acceptors (Lipinski definition) is 2. The van der Waals surface area contributed by atoms with Crippen LogP contribution in [0.4, 0.5) is 11.4 Å². The van der Waals surface area contributed by atoms with Crippen molar-refractivity contribution in [3.8, 4) is 33.9 Å². The van der Waals surface area contributed by atoms with Crippen LogP contribution in [-0.2, 0) is 17.9 Å². The normalized spacial score (nSPS) is 14.9. The molecule has 65 heavy (non-hydrogen) atoms. The third kappa shape index (κ3) is 5.56. The number of benzene rings is 8. The maximum absolute atomic E-state index is 5.31. The van der Waals surface area contributed by atoms with Crippen molar-refractivity contribution in [1.29, 1.82) is 0 Å². The molecule has 11 aromatic rings. The van der Waals surface area contributed by atoms with Gasteiger partial charge in [0.15, 0.2) is 7.28 Å². The molecule has 8 aromatic carbocycles. The Morgan fingerprint density at radius 2 is 1.22 bits per heavy atom. The summed E-state index contributed by atoms with van der Waals surface area (Å²) in [5.41, 5.74) is 21.5. The molecule has 0 unspecified atom stereocenters. The highest BCUT2D eigenvalue weighted by atomic mass is 15.1. The van der Waals surface area contributed by atoms with E-state index in [0.717, 1.165) is 57.7 Å². The Morgan fingerprint density at radius 1 is 0.569 bits per heavy atom. The Morgan fingerprint density at radius 3 is 1.94 bits per heavy atom. The first-order valence-corrected chi connectivity index (χ1v) is 23.1. The minimum absolute atomic E-state index is 0.0280. The van der Waals surface area contributed by atoms with Gasteiger partial charge in [-0.05, 0) is 113 Å². The van der Waals surface area contributed by atoms with Crippen LogP contribution in [0.25, 0.3) is 88.5 Å². The van der Waals surface area contributed by atoms with Crippen LogP contribution in [0.1, 0.15) is 57.2 Å². The van der Waals surface area contributed by atoms with E-state index in [1.807, 2.05) is 0 Å².